The number of benzene rings is 1. The number of rotatable bonds is 6. The summed E-state index contributed by atoms with van der Waals surface area (Å²) in [6, 6.07) is 7.44. The van der Waals surface area contributed by atoms with Gasteiger partial charge in [0.05, 0.1) is 0 Å². The number of aryl methyl sites for hydroxylation is 1. The Morgan fingerprint density at radius 1 is 1.40 bits per heavy atom. The first-order valence-electron chi connectivity index (χ1n) is 6.54. The third kappa shape index (κ3) is 4.31. The summed E-state index contributed by atoms with van der Waals surface area (Å²) in [4.78, 5) is 13.9. The van der Waals surface area contributed by atoms with Crippen molar-refractivity contribution in [1.29, 1.82) is 0 Å². The van der Waals surface area contributed by atoms with Crippen molar-refractivity contribution in [2.24, 2.45) is 5.73 Å². The van der Waals surface area contributed by atoms with E-state index in [1.807, 2.05) is 25.1 Å². The molecule has 6 heteroatoms. The summed E-state index contributed by atoms with van der Waals surface area (Å²) in [5.41, 5.74) is 7.21. The highest BCUT2D eigenvalue weighted by Crippen LogP contribution is 2.18. The van der Waals surface area contributed by atoms with Crippen molar-refractivity contribution >= 4 is 21.4 Å². The molecule has 2 N–H and O–H groups in total. The maximum Gasteiger partial charge on any atom is 0.245 e. The van der Waals surface area contributed by atoms with Gasteiger partial charge in [0.2, 0.25) is 5.91 Å². The van der Waals surface area contributed by atoms with Gasteiger partial charge in [0.15, 0.2) is 9.84 Å². The molecule has 20 heavy (non-hydrogen) atoms. The van der Waals surface area contributed by atoms with Crippen molar-refractivity contribution in [1.82, 2.24) is 0 Å². The van der Waals surface area contributed by atoms with Crippen LogP contribution in [0.15, 0.2) is 24.3 Å². The monoisotopic (exact) mass is 298 g/mol. The van der Waals surface area contributed by atoms with Crippen LogP contribution in [0.2, 0.25) is 0 Å². The molecule has 1 unspecified atom stereocenters. The molecule has 1 aromatic rings. The first-order chi connectivity index (χ1) is 9.27. The SMILES string of the molecule is Cc1cccc(N(CCCN)C(=O)C(C)S(C)(=O)=O)c1. The molecule has 0 radical (unpaired) electrons. The molecule has 5 nitrogen and oxygen atoms in total. The molecule has 0 saturated carbocycles. The van der Waals surface area contributed by atoms with E-state index in [9.17, 15) is 13.2 Å². The van der Waals surface area contributed by atoms with E-state index in [-0.39, 0.29) is 0 Å². The highest BCUT2D eigenvalue weighted by Gasteiger charge is 2.28. The number of sulfone groups is 1. The van der Waals surface area contributed by atoms with Gasteiger partial charge >= 0.3 is 0 Å². The minimum absolute atomic E-state index is 0.411. The van der Waals surface area contributed by atoms with E-state index < -0.39 is 21.0 Å². The molecule has 112 valence electrons. The fourth-order valence-corrected chi connectivity index (χ4v) is 2.31. The van der Waals surface area contributed by atoms with Gasteiger partial charge in [-0.25, -0.2) is 8.42 Å². The molecule has 0 bridgehead atoms. The van der Waals surface area contributed by atoms with Crippen LogP contribution in [0.4, 0.5) is 5.69 Å². The van der Waals surface area contributed by atoms with Crippen LogP contribution in [0.25, 0.3) is 0 Å². The summed E-state index contributed by atoms with van der Waals surface area (Å²) in [6.45, 7) is 4.21. The number of carbonyl (C=O) groups excluding carboxylic acids is 1. The minimum atomic E-state index is -3.41. The van der Waals surface area contributed by atoms with E-state index in [4.69, 9.17) is 5.73 Å². The van der Waals surface area contributed by atoms with E-state index in [0.717, 1.165) is 11.8 Å². The second-order valence-corrected chi connectivity index (χ2v) is 7.31. The van der Waals surface area contributed by atoms with Crippen LogP contribution in [-0.4, -0.2) is 38.9 Å². The van der Waals surface area contributed by atoms with Crippen LogP contribution < -0.4 is 10.6 Å². The molecule has 1 atom stereocenters. The zero-order valence-corrected chi connectivity index (χ0v) is 13.0. The van der Waals surface area contributed by atoms with E-state index in [1.165, 1.54) is 11.8 Å². The summed E-state index contributed by atoms with van der Waals surface area (Å²) in [6.07, 6.45) is 1.70. The molecule has 0 aliphatic carbocycles. The van der Waals surface area contributed by atoms with Crippen molar-refractivity contribution in [2.75, 3.05) is 24.2 Å². The van der Waals surface area contributed by atoms with E-state index >= 15 is 0 Å². The van der Waals surface area contributed by atoms with Crippen molar-refractivity contribution in [3.8, 4) is 0 Å². The first-order valence-corrected chi connectivity index (χ1v) is 8.50. The molecule has 0 aliphatic heterocycles. The van der Waals surface area contributed by atoms with Crippen LogP contribution in [-0.2, 0) is 14.6 Å². The zero-order valence-electron chi connectivity index (χ0n) is 12.2. The van der Waals surface area contributed by atoms with Gasteiger partial charge in [-0.3, -0.25) is 4.79 Å². The van der Waals surface area contributed by atoms with Gasteiger partial charge in [0.1, 0.15) is 5.25 Å². The lowest BCUT2D eigenvalue weighted by molar-refractivity contribution is -0.118. The standard InChI is InChI=1S/C14H22N2O3S/c1-11-6-4-7-13(10-11)16(9-5-8-15)14(17)12(2)20(3,18)19/h4,6-7,10,12H,5,8-9,15H2,1-3H3. The van der Waals surface area contributed by atoms with Gasteiger partial charge in [-0.05, 0) is 44.5 Å². The third-order valence-corrected chi connectivity index (χ3v) is 4.64. The van der Waals surface area contributed by atoms with E-state index in [1.54, 1.807) is 6.07 Å². The number of hydrogen-bond donors (Lipinski definition) is 1. The fraction of sp³-hybridized carbons (Fsp3) is 0.500. The molecule has 1 rings (SSSR count). The van der Waals surface area contributed by atoms with Crippen LogP contribution in [0, 0.1) is 6.92 Å². The van der Waals surface area contributed by atoms with Crippen LogP contribution in [0.5, 0.6) is 0 Å². The Hall–Kier alpha value is -1.40. The van der Waals surface area contributed by atoms with Gasteiger partial charge in [-0.2, -0.15) is 0 Å². The van der Waals surface area contributed by atoms with E-state index in [2.05, 4.69) is 0 Å². The molecular weight excluding hydrogens is 276 g/mol. The molecule has 0 aliphatic rings. The number of hydrogen-bond acceptors (Lipinski definition) is 4. The zero-order chi connectivity index (χ0) is 15.3. The summed E-state index contributed by atoms with van der Waals surface area (Å²) in [5, 5.41) is -1.05. The Kier molecular flexibility index (Phi) is 5.71. The van der Waals surface area contributed by atoms with Crippen molar-refractivity contribution < 1.29 is 13.2 Å². The second-order valence-electron chi connectivity index (χ2n) is 4.94. The van der Waals surface area contributed by atoms with Crippen molar-refractivity contribution in [2.45, 2.75) is 25.5 Å². The Bertz CT molecular complexity index is 570. The predicted molar refractivity (Wildman–Crippen MR) is 81.5 cm³/mol. The normalized spacial score (nSPS) is 13.0. The molecule has 0 saturated heterocycles. The molecule has 1 amide bonds. The van der Waals surface area contributed by atoms with Gasteiger partial charge in [-0.1, -0.05) is 12.1 Å². The average molecular weight is 298 g/mol. The quantitative estimate of drug-likeness (QED) is 0.853. The van der Waals surface area contributed by atoms with Gasteiger partial charge in [0.25, 0.3) is 0 Å². The average Bonchev–Trinajstić information content (AvgIpc) is 2.37. The Morgan fingerprint density at radius 3 is 2.55 bits per heavy atom. The summed E-state index contributed by atoms with van der Waals surface area (Å²) in [5.74, 6) is -0.411. The topological polar surface area (TPSA) is 80.5 Å². The fourth-order valence-electron chi connectivity index (χ4n) is 1.81. The lowest BCUT2D eigenvalue weighted by Gasteiger charge is -2.25. The maximum atomic E-state index is 12.4. The van der Waals surface area contributed by atoms with Crippen molar-refractivity contribution in [3.63, 3.8) is 0 Å². The van der Waals surface area contributed by atoms with Crippen LogP contribution >= 0.6 is 0 Å². The highest BCUT2D eigenvalue weighted by molar-refractivity contribution is 7.92. The number of anilines is 1. The first kappa shape index (κ1) is 16.7. The molecule has 0 heterocycles. The Balaban J connectivity index is 3.09. The summed E-state index contributed by atoms with van der Waals surface area (Å²) < 4.78 is 23.2. The Labute approximate surface area is 120 Å². The smallest absolute Gasteiger partial charge is 0.245 e. The van der Waals surface area contributed by atoms with Gasteiger partial charge in [0, 0.05) is 18.5 Å². The van der Waals surface area contributed by atoms with Crippen LogP contribution in [0.1, 0.15) is 18.9 Å². The van der Waals surface area contributed by atoms with Crippen molar-refractivity contribution in [3.05, 3.63) is 29.8 Å². The van der Waals surface area contributed by atoms with Gasteiger partial charge < -0.3 is 10.6 Å². The number of nitrogens with two attached hydrogens (primary N) is 1. The number of amides is 1. The third-order valence-electron chi connectivity index (χ3n) is 3.16. The predicted octanol–water partition coefficient (Wildman–Crippen LogP) is 1.11. The summed E-state index contributed by atoms with van der Waals surface area (Å²) >= 11 is 0. The number of nitrogens with zero attached hydrogens (tertiary/aromatic N) is 1. The Morgan fingerprint density at radius 2 is 2.05 bits per heavy atom. The molecule has 0 spiro atoms. The van der Waals surface area contributed by atoms with Crippen LogP contribution in [0.3, 0.4) is 0 Å². The minimum Gasteiger partial charge on any atom is -0.330 e. The maximum absolute atomic E-state index is 12.4. The number of carbonyl (C=O) groups is 1. The highest BCUT2D eigenvalue weighted by atomic mass is 32.2. The molecule has 0 aromatic heterocycles. The van der Waals surface area contributed by atoms with Gasteiger partial charge in [-0.15, -0.1) is 0 Å². The lowest BCUT2D eigenvalue weighted by Crippen LogP contribution is -2.42. The molecule has 0 fully saturated rings. The molecule has 1 aromatic carbocycles. The largest absolute Gasteiger partial charge is 0.330 e. The lowest BCUT2D eigenvalue weighted by atomic mass is 10.2. The second kappa shape index (κ2) is 6.85. The summed E-state index contributed by atoms with van der Waals surface area (Å²) in [7, 11) is -3.41. The molecular formula is C14H22N2O3S. The van der Waals surface area contributed by atoms with E-state index in [0.29, 0.717) is 25.2 Å².